The highest BCUT2D eigenvalue weighted by molar-refractivity contribution is 5.78. The maximum Gasteiger partial charge on any atom is 0.261 e. The first-order valence-corrected chi connectivity index (χ1v) is 8.80. The summed E-state index contributed by atoms with van der Waals surface area (Å²) in [4.78, 5) is 16.5. The number of carbonyl (C=O) groups excluding carboxylic acids is 1. The van der Waals surface area contributed by atoms with E-state index in [-0.39, 0.29) is 24.7 Å². The van der Waals surface area contributed by atoms with Gasteiger partial charge in [0.2, 0.25) is 5.91 Å². The van der Waals surface area contributed by atoms with Crippen molar-refractivity contribution in [1.82, 2.24) is 30.1 Å². The van der Waals surface area contributed by atoms with Gasteiger partial charge in [0, 0.05) is 12.6 Å². The van der Waals surface area contributed by atoms with Crippen molar-refractivity contribution in [2.24, 2.45) is 0 Å². The van der Waals surface area contributed by atoms with Crippen molar-refractivity contribution in [2.75, 3.05) is 0 Å². The van der Waals surface area contributed by atoms with Crippen molar-refractivity contribution < 1.29 is 13.7 Å². The van der Waals surface area contributed by atoms with Gasteiger partial charge in [0.05, 0.1) is 18.5 Å². The number of rotatable bonds is 6. The van der Waals surface area contributed by atoms with Gasteiger partial charge < -0.3 is 9.84 Å². The summed E-state index contributed by atoms with van der Waals surface area (Å²) >= 11 is 0. The molecule has 0 spiro atoms. The number of nitrogens with zero attached hydrogens (tertiary/aromatic N) is 5. The second-order valence-electron chi connectivity index (χ2n) is 6.18. The first-order chi connectivity index (χ1) is 13.6. The maximum absolute atomic E-state index is 13.2. The highest BCUT2D eigenvalue weighted by Crippen LogP contribution is 2.22. The van der Waals surface area contributed by atoms with E-state index >= 15 is 0 Å². The van der Waals surface area contributed by atoms with E-state index in [9.17, 15) is 9.18 Å². The molecule has 0 atom stereocenters. The average Bonchev–Trinajstić information content (AvgIpc) is 3.33. The van der Waals surface area contributed by atoms with Crippen molar-refractivity contribution >= 4 is 11.6 Å². The summed E-state index contributed by atoms with van der Waals surface area (Å²) < 4.78 is 20.3. The van der Waals surface area contributed by atoms with E-state index in [2.05, 4.69) is 25.7 Å². The van der Waals surface area contributed by atoms with E-state index in [0.717, 1.165) is 0 Å². The van der Waals surface area contributed by atoms with Gasteiger partial charge in [-0.05, 0) is 29.8 Å². The van der Waals surface area contributed by atoms with Gasteiger partial charge in [0.25, 0.3) is 5.89 Å². The Morgan fingerprint density at radius 2 is 2.14 bits per heavy atom. The Bertz CT molecular complexity index is 1140. The third-order valence-electron chi connectivity index (χ3n) is 4.22. The van der Waals surface area contributed by atoms with Crippen LogP contribution >= 0.6 is 0 Å². The molecule has 0 aliphatic heterocycles. The van der Waals surface area contributed by atoms with E-state index in [0.29, 0.717) is 40.7 Å². The van der Waals surface area contributed by atoms with E-state index in [1.165, 1.54) is 12.1 Å². The van der Waals surface area contributed by atoms with Crippen LogP contribution in [0.3, 0.4) is 0 Å². The minimum absolute atomic E-state index is 0.0848. The Kier molecular flexibility index (Phi) is 4.79. The topological polar surface area (TPSA) is 98.2 Å². The van der Waals surface area contributed by atoms with Gasteiger partial charge in [0.1, 0.15) is 5.82 Å². The summed E-state index contributed by atoms with van der Waals surface area (Å²) in [7, 11) is 0. The summed E-state index contributed by atoms with van der Waals surface area (Å²) in [5.74, 6) is 0.939. The molecule has 1 amide bonds. The van der Waals surface area contributed by atoms with Gasteiger partial charge >= 0.3 is 0 Å². The van der Waals surface area contributed by atoms with Crippen LogP contribution in [0.5, 0.6) is 0 Å². The van der Waals surface area contributed by atoms with E-state index in [1.54, 1.807) is 22.7 Å². The lowest BCUT2D eigenvalue weighted by Crippen LogP contribution is -2.25. The number of fused-ring (bicyclic) bond motifs is 1. The van der Waals surface area contributed by atoms with Gasteiger partial charge in [-0.2, -0.15) is 4.98 Å². The molecule has 0 fully saturated rings. The lowest BCUT2D eigenvalue weighted by Gasteiger charge is -2.05. The average molecular weight is 380 g/mol. The summed E-state index contributed by atoms with van der Waals surface area (Å²) in [5.41, 5.74) is 1.83. The summed E-state index contributed by atoms with van der Waals surface area (Å²) in [6.07, 6.45) is 2.55. The minimum atomic E-state index is -0.367. The second-order valence-corrected chi connectivity index (χ2v) is 6.18. The van der Waals surface area contributed by atoms with Crippen LogP contribution in [0.2, 0.25) is 0 Å². The number of aryl methyl sites for hydroxylation is 1. The Balaban J connectivity index is 1.50. The molecule has 0 aliphatic rings. The summed E-state index contributed by atoms with van der Waals surface area (Å²) in [6, 6.07) is 9.60. The van der Waals surface area contributed by atoms with Gasteiger partial charge in [-0.3, -0.25) is 9.20 Å². The number of hydrogen-bond acceptors (Lipinski definition) is 6. The lowest BCUT2D eigenvalue weighted by atomic mass is 10.1. The van der Waals surface area contributed by atoms with Crippen molar-refractivity contribution in [3.8, 4) is 11.5 Å². The highest BCUT2D eigenvalue weighted by Gasteiger charge is 2.16. The Morgan fingerprint density at radius 3 is 2.93 bits per heavy atom. The van der Waals surface area contributed by atoms with E-state index < -0.39 is 0 Å². The van der Waals surface area contributed by atoms with Crippen LogP contribution in [-0.4, -0.2) is 30.6 Å². The highest BCUT2D eigenvalue weighted by atomic mass is 19.1. The number of aromatic nitrogens is 5. The zero-order valence-electron chi connectivity index (χ0n) is 15.1. The normalized spacial score (nSPS) is 11.1. The lowest BCUT2D eigenvalue weighted by molar-refractivity contribution is -0.120. The van der Waals surface area contributed by atoms with Crippen molar-refractivity contribution in [3.05, 3.63) is 65.6 Å². The molecule has 3 heterocycles. The molecule has 4 rings (SSSR count). The maximum atomic E-state index is 13.2. The Labute approximate surface area is 159 Å². The minimum Gasteiger partial charge on any atom is -0.348 e. The molecule has 1 N–H and O–H groups in total. The number of amides is 1. The van der Waals surface area contributed by atoms with Crippen molar-refractivity contribution in [3.63, 3.8) is 0 Å². The summed E-state index contributed by atoms with van der Waals surface area (Å²) in [5, 5.41) is 15.0. The smallest absolute Gasteiger partial charge is 0.261 e. The molecule has 142 valence electrons. The van der Waals surface area contributed by atoms with Crippen molar-refractivity contribution in [2.45, 2.75) is 26.3 Å². The van der Waals surface area contributed by atoms with Gasteiger partial charge in [-0.1, -0.05) is 24.2 Å². The van der Waals surface area contributed by atoms with Crippen LogP contribution in [0.1, 0.15) is 24.1 Å². The molecule has 0 saturated heterocycles. The molecule has 0 bridgehead atoms. The van der Waals surface area contributed by atoms with Gasteiger partial charge in [0.15, 0.2) is 17.3 Å². The molecule has 1 aromatic carbocycles. The largest absolute Gasteiger partial charge is 0.348 e. The quantitative estimate of drug-likeness (QED) is 0.551. The van der Waals surface area contributed by atoms with Crippen LogP contribution in [0.25, 0.3) is 17.1 Å². The zero-order valence-corrected chi connectivity index (χ0v) is 15.1. The monoisotopic (exact) mass is 380 g/mol. The van der Waals surface area contributed by atoms with Gasteiger partial charge in [-0.25, -0.2) is 4.39 Å². The summed E-state index contributed by atoms with van der Waals surface area (Å²) in [6.45, 7) is 2.12. The Hall–Kier alpha value is -3.62. The third kappa shape index (κ3) is 3.59. The Morgan fingerprint density at radius 1 is 1.25 bits per heavy atom. The molecule has 0 radical (unpaired) electrons. The van der Waals surface area contributed by atoms with Crippen LogP contribution in [0.15, 0.2) is 47.1 Å². The van der Waals surface area contributed by atoms with Gasteiger partial charge in [-0.15, -0.1) is 10.2 Å². The molecule has 0 unspecified atom stereocenters. The fourth-order valence-corrected chi connectivity index (χ4v) is 2.83. The number of benzene rings is 1. The van der Waals surface area contributed by atoms with Crippen LogP contribution in [-0.2, 0) is 24.2 Å². The molecule has 8 nitrogen and oxygen atoms in total. The van der Waals surface area contributed by atoms with Crippen LogP contribution < -0.4 is 5.32 Å². The van der Waals surface area contributed by atoms with Crippen molar-refractivity contribution in [1.29, 1.82) is 0 Å². The molecule has 0 aliphatic carbocycles. The molecular weight excluding hydrogens is 363 g/mol. The standard InChI is InChI=1S/C19H17FN6O2/c1-2-15-22-19(28-25-15)14-7-4-8-26-16(23-24-18(14)26)11-21-17(27)10-12-5-3-6-13(20)9-12/h3-9H,2,10-11H2,1H3,(H,21,27). The number of nitrogens with one attached hydrogen (secondary N) is 1. The van der Waals surface area contributed by atoms with Crippen LogP contribution in [0.4, 0.5) is 4.39 Å². The number of hydrogen-bond donors (Lipinski definition) is 1. The predicted octanol–water partition coefficient (Wildman–Crippen LogP) is 2.34. The number of pyridine rings is 1. The first kappa shape index (κ1) is 17.8. The fraction of sp³-hybridized carbons (Fsp3) is 0.211. The molecule has 28 heavy (non-hydrogen) atoms. The number of halogens is 1. The molecule has 9 heteroatoms. The molecular formula is C19H17FN6O2. The number of carbonyl (C=O) groups is 1. The predicted molar refractivity (Wildman–Crippen MR) is 97.6 cm³/mol. The van der Waals surface area contributed by atoms with E-state index in [4.69, 9.17) is 4.52 Å². The van der Waals surface area contributed by atoms with Crippen LogP contribution in [0, 0.1) is 5.82 Å². The van der Waals surface area contributed by atoms with E-state index in [1.807, 2.05) is 19.1 Å². The molecule has 3 aromatic heterocycles. The third-order valence-corrected chi connectivity index (χ3v) is 4.22. The molecule has 4 aromatic rings. The SMILES string of the molecule is CCc1noc(-c2cccn3c(CNC(=O)Cc4cccc(F)c4)nnc23)n1. The first-order valence-electron chi connectivity index (χ1n) is 8.80. The zero-order chi connectivity index (χ0) is 19.5. The fourth-order valence-electron chi connectivity index (χ4n) is 2.83. The molecule has 0 saturated carbocycles. The second kappa shape index (κ2) is 7.55.